The number of pyridine rings is 1. The van der Waals surface area contributed by atoms with Crippen molar-refractivity contribution in [1.29, 1.82) is 0 Å². The van der Waals surface area contributed by atoms with E-state index in [1.54, 1.807) is 6.20 Å². The molecule has 4 nitrogen and oxygen atoms in total. The molecule has 146 valence electrons. The van der Waals surface area contributed by atoms with Gasteiger partial charge in [0.05, 0.1) is 11.9 Å². The highest BCUT2D eigenvalue weighted by Crippen LogP contribution is 2.27. The number of aromatic nitrogens is 3. The molecule has 5 aromatic rings. The second-order valence-electron chi connectivity index (χ2n) is 7.35. The van der Waals surface area contributed by atoms with Gasteiger partial charge in [0.25, 0.3) is 0 Å². The Labute approximate surface area is 175 Å². The Kier molecular flexibility index (Phi) is 4.52. The normalized spacial score (nSPS) is 11.0. The summed E-state index contributed by atoms with van der Waals surface area (Å²) in [6.07, 6.45) is 3.17. The molecule has 0 unspecified atom stereocenters. The van der Waals surface area contributed by atoms with Gasteiger partial charge in [-0.25, -0.2) is 9.97 Å². The predicted molar refractivity (Wildman–Crippen MR) is 119 cm³/mol. The van der Waals surface area contributed by atoms with Crippen molar-refractivity contribution in [3.63, 3.8) is 0 Å². The molecule has 2 aromatic carbocycles. The van der Waals surface area contributed by atoms with Crippen molar-refractivity contribution in [1.82, 2.24) is 14.5 Å². The van der Waals surface area contributed by atoms with Crippen molar-refractivity contribution < 1.29 is 4.42 Å². The Balaban J connectivity index is 1.42. The highest BCUT2D eigenvalue weighted by Gasteiger charge is 2.08. The molecule has 4 heteroatoms. The molecule has 0 aliphatic carbocycles. The van der Waals surface area contributed by atoms with Crippen LogP contribution in [0.3, 0.4) is 0 Å². The summed E-state index contributed by atoms with van der Waals surface area (Å²) < 4.78 is 7.54. The van der Waals surface area contributed by atoms with Gasteiger partial charge in [0.2, 0.25) is 0 Å². The molecule has 3 aromatic heterocycles. The van der Waals surface area contributed by atoms with Crippen LogP contribution in [0.4, 0.5) is 0 Å². The molecule has 0 bridgehead atoms. The molecule has 0 saturated heterocycles. The molecular weight excluding hydrogens is 370 g/mol. The first-order chi connectivity index (χ1) is 14.7. The number of hydrogen-bond donors (Lipinski definition) is 0. The average molecular weight is 391 g/mol. The molecule has 0 amide bonds. The number of aryl methyl sites for hydroxylation is 2. The van der Waals surface area contributed by atoms with E-state index in [2.05, 4.69) is 96.2 Å². The van der Waals surface area contributed by atoms with Crippen LogP contribution in [0.2, 0.25) is 0 Å². The predicted octanol–water partition coefficient (Wildman–Crippen LogP) is 6.48. The largest absolute Gasteiger partial charge is 0.444 e. The van der Waals surface area contributed by atoms with Crippen molar-refractivity contribution >= 4 is 0 Å². The average Bonchev–Trinajstić information content (AvgIpc) is 3.44. The summed E-state index contributed by atoms with van der Waals surface area (Å²) >= 11 is 0. The SMILES string of the molecule is Cc1ccc(C)n1-c1cccc(-c2ccc(-c3ccc(-c4cnco4)cc3)cc2)n1. The molecule has 0 aliphatic heterocycles. The summed E-state index contributed by atoms with van der Waals surface area (Å²) in [5.74, 6) is 1.72. The van der Waals surface area contributed by atoms with Crippen LogP contribution in [0, 0.1) is 13.8 Å². The maximum absolute atomic E-state index is 5.36. The first-order valence-electron chi connectivity index (χ1n) is 9.91. The minimum Gasteiger partial charge on any atom is -0.444 e. The number of oxazole rings is 1. The van der Waals surface area contributed by atoms with Crippen LogP contribution in [0.15, 0.2) is 95.9 Å². The molecule has 0 fully saturated rings. The summed E-state index contributed by atoms with van der Waals surface area (Å²) in [4.78, 5) is 8.87. The van der Waals surface area contributed by atoms with Crippen molar-refractivity contribution in [2.75, 3.05) is 0 Å². The maximum atomic E-state index is 5.36. The number of hydrogen-bond acceptors (Lipinski definition) is 3. The topological polar surface area (TPSA) is 43.9 Å². The Hall–Kier alpha value is -3.92. The Bertz CT molecular complexity index is 1260. The number of rotatable bonds is 4. The molecule has 0 saturated carbocycles. The lowest BCUT2D eigenvalue weighted by molar-refractivity contribution is 0.572. The van der Waals surface area contributed by atoms with Gasteiger partial charge in [0, 0.05) is 22.5 Å². The van der Waals surface area contributed by atoms with Gasteiger partial charge in [-0.15, -0.1) is 0 Å². The highest BCUT2D eigenvalue weighted by molar-refractivity contribution is 5.71. The van der Waals surface area contributed by atoms with E-state index < -0.39 is 0 Å². The van der Waals surface area contributed by atoms with Crippen LogP contribution in [-0.4, -0.2) is 14.5 Å². The highest BCUT2D eigenvalue weighted by atomic mass is 16.3. The van der Waals surface area contributed by atoms with Gasteiger partial charge in [0.15, 0.2) is 12.2 Å². The molecule has 0 aliphatic rings. The molecular formula is C26H21N3O. The van der Waals surface area contributed by atoms with Crippen molar-refractivity contribution in [3.05, 3.63) is 103 Å². The Morgan fingerprint density at radius 3 is 1.87 bits per heavy atom. The van der Waals surface area contributed by atoms with E-state index >= 15 is 0 Å². The lowest BCUT2D eigenvalue weighted by atomic mass is 10.0. The zero-order valence-corrected chi connectivity index (χ0v) is 16.9. The van der Waals surface area contributed by atoms with Crippen LogP contribution in [0.5, 0.6) is 0 Å². The van der Waals surface area contributed by atoms with E-state index in [-0.39, 0.29) is 0 Å². The van der Waals surface area contributed by atoms with E-state index in [4.69, 9.17) is 9.40 Å². The summed E-state index contributed by atoms with van der Waals surface area (Å²) in [7, 11) is 0. The monoisotopic (exact) mass is 391 g/mol. The van der Waals surface area contributed by atoms with Gasteiger partial charge < -0.3 is 8.98 Å². The standard InChI is InChI=1S/C26H21N3O/c1-18-6-7-19(2)29(18)26-5-3-4-24(28-26)22-12-8-20(9-13-22)21-10-14-23(15-11-21)25-16-27-17-30-25/h3-17H,1-2H3. The fraction of sp³-hybridized carbons (Fsp3) is 0.0769. The maximum Gasteiger partial charge on any atom is 0.181 e. The molecule has 30 heavy (non-hydrogen) atoms. The minimum absolute atomic E-state index is 0.774. The molecule has 3 heterocycles. The van der Waals surface area contributed by atoms with Gasteiger partial charge in [-0.3, -0.25) is 0 Å². The van der Waals surface area contributed by atoms with Gasteiger partial charge in [-0.1, -0.05) is 54.6 Å². The van der Waals surface area contributed by atoms with E-state index in [1.807, 2.05) is 6.07 Å². The lowest BCUT2D eigenvalue weighted by Crippen LogP contribution is -2.02. The third-order valence-electron chi connectivity index (χ3n) is 5.35. The van der Waals surface area contributed by atoms with Crippen LogP contribution in [-0.2, 0) is 0 Å². The minimum atomic E-state index is 0.774. The van der Waals surface area contributed by atoms with Crippen molar-refractivity contribution in [2.24, 2.45) is 0 Å². The van der Waals surface area contributed by atoms with E-state index in [9.17, 15) is 0 Å². The molecule has 0 N–H and O–H groups in total. The second-order valence-corrected chi connectivity index (χ2v) is 7.35. The first-order valence-corrected chi connectivity index (χ1v) is 9.91. The fourth-order valence-corrected chi connectivity index (χ4v) is 3.76. The van der Waals surface area contributed by atoms with Crippen LogP contribution in [0.1, 0.15) is 11.4 Å². The van der Waals surface area contributed by atoms with Gasteiger partial charge in [0.1, 0.15) is 5.82 Å². The number of nitrogens with zero attached hydrogens (tertiary/aromatic N) is 3. The fourth-order valence-electron chi connectivity index (χ4n) is 3.76. The van der Waals surface area contributed by atoms with Gasteiger partial charge in [-0.2, -0.15) is 0 Å². The van der Waals surface area contributed by atoms with Crippen LogP contribution < -0.4 is 0 Å². The van der Waals surface area contributed by atoms with E-state index in [0.29, 0.717) is 0 Å². The van der Waals surface area contributed by atoms with E-state index in [1.165, 1.54) is 17.8 Å². The first kappa shape index (κ1) is 18.1. The molecule has 5 rings (SSSR count). The zero-order chi connectivity index (χ0) is 20.5. The smallest absolute Gasteiger partial charge is 0.181 e. The van der Waals surface area contributed by atoms with Gasteiger partial charge in [-0.05, 0) is 49.2 Å². The Morgan fingerprint density at radius 1 is 0.667 bits per heavy atom. The molecule has 0 atom stereocenters. The van der Waals surface area contributed by atoms with E-state index in [0.717, 1.165) is 39.5 Å². The summed E-state index contributed by atoms with van der Waals surface area (Å²) in [6, 6.07) is 27.2. The zero-order valence-electron chi connectivity index (χ0n) is 16.9. The summed E-state index contributed by atoms with van der Waals surface area (Å²) in [5, 5.41) is 0. The quantitative estimate of drug-likeness (QED) is 0.352. The van der Waals surface area contributed by atoms with Crippen molar-refractivity contribution in [2.45, 2.75) is 13.8 Å². The third kappa shape index (κ3) is 3.33. The van der Waals surface area contributed by atoms with Crippen molar-refractivity contribution in [3.8, 4) is 39.5 Å². The lowest BCUT2D eigenvalue weighted by Gasteiger charge is -2.10. The third-order valence-corrected chi connectivity index (χ3v) is 5.35. The second kappa shape index (κ2) is 7.48. The van der Waals surface area contributed by atoms with Gasteiger partial charge >= 0.3 is 0 Å². The summed E-state index contributed by atoms with van der Waals surface area (Å²) in [6.45, 7) is 4.20. The molecule has 0 spiro atoms. The summed E-state index contributed by atoms with van der Waals surface area (Å²) in [5.41, 5.74) is 7.77. The van der Waals surface area contributed by atoms with Crippen LogP contribution in [0.25, 0.3) is 39.5 Å². The molecule has 0 radical (unpaired) electrons. The number of benzene rings is 2. The Morgan fingerprint density at radius 2 is 1.27 bits per heavy atom. The van der Waals surface area contributed by atoms with Crippen LogP contribution >= 0.6 is 0 Å².